The van der Waals surface area contributed by atoms with E-state index in [-0.39, 0.29) is 5.88 Å². The summed E-state index contributed by atoms with van der Waals surface area (Å²) >= 11 is 12.3. The van der Waals surface area contributed by atoms with Gasteiger partial charge in [0.05, 0.1) is 13.0 Å². The molecule has 0 spiro atoms. The van der Waals surface area contributed by atoms with E-state index in [1.54, 1.807) is 6.26 Å². The normalized spacial score (nSPS) is 16.0. The Balaban J connectivity index is 4.17. The molecule has 0 aliphatic heterocycles. The summed E-state index contributed by atoms with van der Waals surface area (Å²) < 4.78 is 3.31. The molecule has 0 heterocycles. The molecule has 0 aromatic heterocycles. The zero-order chi connectivity index (χ0) is 8.20. The van der Waals surface area contributed by atoms with Crippen molar-refractivity contribution in [3.63, 3.8) is 0 Å². The van der Waals surface area contributed by atoms with Crippen molar-refractivity contribution in [2.45, 2.75) is 4.21 Å². The van der Waals surface area contributed by atoms with Gasteiger partial charge in [0.25, 0.3) is 0 Å². The Bertz CT molecular complexity index is 125. The molecule has 2 nitrogen and oxygen atoms in total. The molecule has 1 unspecified atom stereocenters. The number of methoxy groups -OCH3 is 1. The SMILES string of the molecule is COC(=O)C(Cl)(CCl)SC. The lowest BCUT2D eigenvalue weighted by atomic mass is 10.5. The molecule has 0 rings (SSSR count). The van der Waals surface area contributed by atoms with Crippen LogP contribution in [-0.4, -0.2) is 29.4 Å². The predicted molar refractivity (Wildman–Crippen MR) is 44.8 cm³/mol. The fourth-order valence-corrected chi connectivity index (χ4v) is 1.22. The summed E-state index contributed by atoms with van der Waals surface area (Å²) in [6.07, 6.45) is 1.70. The molecule has 0 fully saturated rings. The number of hydrogen-bond donors (Lipinski definition) is 0. The van der Waals surface area contributed by atoms with E-state index in [0.29, 0.717) is 0 Å². The number of carbonyl (C=O) groups excluding carboxylic acids is 1. The molecule has 0 aromatic rings. The zero-order valence-corrected chi connectivity index (χ0v) is 8.02. The number of esters is 1. The maximum Gasteiger partial charge on any atom is 0.338 e. The Hall–Kier alpha value is 0.400. The van der Waals surface area contributed by atoms with E-state index in [4.69, 9.17) is 23.2 Å². The van der Waals surface area contributed by atoms with Gasteiger partial charge in [-0.05, 0) is 6.26 Å². The van der Waals surface area contributed by atoms with Crippen LogP contribution in [0.4, 0.5) is 0 Å². The van der Waals surface area contributed by atoms with Crippen molar-refractivity contribution >= 4 is 40.9 Å². The Morgan fingerprint density at radius 1 is 1.80 bits per heavy atom. The van der Waals surface area contributed by atoms with Gasteiger partial charge in [-0.25, -0.2) is 4.79 Å². The van der Waals surface area contributed by atoms with Crippen molar-refractivity contribution in [2.24, 2.45) is 0 Å². The van der Waals surface area contributed by atoms with E-state index in [9.17, 15) is 4.79 Å². The van der Waals surface area contributed by atoms with Gasteiger partial charge in [-0.15, -0.1) is 23.4 Å². The minimum atomic E-state index is -1.11. The van der Waals surface area contributed by atoms with Gasteiger partial charge in [0.1, 0.15) is 0 Å². The lowest BCUT2D eigenvalue weighted by Crippen LogP contribution is -2.31. The average Bonchev–Trinajstić information content (AvgIpc) is 2.01. The van der Waals surface area contributed by atoms with E-state index in [1.165, 1.54) is 7.11 Å². The molecule has 5 heteroatoms. The molecule has 0 saturated heterocycles. The van der Waals surface area contributed by atoms with E-state index >= 15 is 0 Å². The van der Waals surface area contributed by atoms with Gasteiger partial charge < -0.3 is 4.74 Å². The number of ether oxygens (including phenoxy) is 1. The Morgan fingerprint density at radius 3 is 2.40 bits per heavy atom. The maximum atomic E-state index is 10.8. The number of carbonyl (C=O) groups is 1. The molecule has 1 atom stereocenters. The average molecular weight is 203 g/mol. The van der Waals surface area contributed by atoms with Gasteiger partial charge in [0.15, 0.2) is 4.21 Å². The number of alkyl halides is 2. The van der Waals surface area contributed by atoms with Crippen LogP contribution in [0.15, 0.2) is 0 Å². The fraction of sp³-hybridized carbons (Fsp3) is 0.800. The van der Waals surface area contributed by atoms with Gasteiger partial charge in [0, 0.05) is 0 Å². The fourth-order valence-electron chi connectivity index (χ4n) is 0.345. The van der Waals surface area contributed by atoms with Crippen LogP contribution in [0.1, 0.15) is 0 Å². The van der Waals surface area contributed by atoms with Crippen molar-refractivity contribution in [2.75, 3.05) is 19.2 Å². The molecule has 0 N–H and O–H groups in total. The highest BCUT2D eigenvalue weighted by Gasteiger charge is 2.35. The van der Waals surface area contributed by atoms with Crippen LogP contribution in [0.25, 0.3) is 0 Å². The summed E-state index contributed by atoms with van der Waals surface area (Å²) in [6.45, 7) is 0. The molecular weight excluding hydrogens is 195 g/mol. The predicted octanol–water partition coefficient (Wildman–Crippen LogP) is 1.70. The van der Waals surface area contributed by atoms with Crippen molar-refractivity contribution in [3.8, 4) is 0 Å². The third kappa shape index (κ3) is 2.22. The van der Waals surface area contributed by atoms with E-state index < -0.39 is 10.2 Å². The smallest absolute Gasteiger partial charge is 0.338 e. The second-order valence-corrected chi connectivity index (χ2v) is 3.80. The lowest BCUT2D eigenvalue weighted by molar-refractivity contribution is -0.140. The standard InChI is InChI=1S/C5H8Cl2O2S/c1-9-4(8)5(7,3-6)10-2/h3H2,1-2H3. The first-order valence-corrected chi connectivity index (χ1v) is 4.63. The quantitative estimate of drug-likeness (QED) is 0.515. The minimum Gasteiger partial charge on any atom is -0.467 e. The lowest BCUT2D eigenvalue weighted by Gasteiger charge is -2.17. The first-order chi connectivity index (χ1) is 4.60. The Labute approximate surface area is 74.2 Å². The van der Waals surface area contributed by atoms with Crippen LogP contribution in [0.2, 0.25) is 0 Å². The van der Waals surface area contributed by atoms with Crippen molar-refractivity contribution < 1.29 is 9.53 Å². The molecule has 60 valence electrons. The maximum absolute atomic E-state index is 10.8. The third-order valence-electron chi connectivity index (χ3n) is 0.986. The van der Waals surface area contributed by atoms with Gasteiger partial charge >= 0.3 is 5.97 Å². The molecule has 0 bridgehead atoms. The number of thioether (sulfide) groups is 1. The van der Waals surface area contributed by atoms with Gasteiger partial charge in [-0.3, -0.25) is 0 Å². The molecule has 0 radical (unpaired) electrons. The van der Waals surface area contributed by atoms with Crippen molar-refractivity contribution in [1.29, 1.82) is 0 Å². The van der Waals surface area contributed by atoms with Crippen LogP contribution >= 0.6 is 35.0 Å². The summed E-state index contributed by atoms with van der Waals surface area (Å²) in [6, 6.07) is 0. The first-order valence-electron chi connectivity index (χ1n) is 2.49. The molecule has 0 aliphatic rings. The highest BCUT2D eigenvalue weighted by atomic mass is 35.5. The second-order valence-electron chi connectivity index (χ2n) is 1.56. The van der Waals surface area contributed by atoms with E-state index in [2.05, 4.69) is 4.74 Å². The summed E-state index contributed by atoms with van der Waals surface area (Å²) in [5.74, 6) is -0.459. The number of halogens is 2. The molecule has 0 saturated carbocycles. The Morgan fingerprint density at radius 2 is 2.30 bits per heavy atom. The van der Waals surface area contributed by atoms with Crippen LogP contribution in [0.5, 0.6) is 0 Å². The first kappa shape index (κ1) is 10.4. The van der Waals surface area contributed by atoms with Gasteiger partial charge in [0.2, 0.25) is 0 Å². The molecule has 0 amide bonds. The summed E-state index contributed by atoms with van der Waals surface area (Å²) in [4.78, 5) is 10.8. The zero-order valence-electron chi connectivity index (χ0n) is 5.69. The van der Waals surface area contributed by atoms with Crippen LogP contribution in [0, 0.1) is 0 Å². The van der Waals surface area contributed by atoms with E-state index in [0.717, 1.165) is 11.8 Å². The van der Waals surface area contributed by atoms with Crippen LogP contribution in [0.3, 0.4) is 0 Å². The molecular formula is C5H8Cl2O2S. The topological polar surface area (TPSA) is 26.3 Å². The second kappa shape index (κ2) is 4.31. The van der Waals surface area contributed by atoms with E-state index in [1.807, 2.05) is 0 Å². The van der Waals surface area contributed by atoms with Crippen molar-refractivity contribution in [3.05, 3.63) is 0 Å². The van der Waals surface area contributed by atoms with Gasteiger partial charge in [-0.2, -0.15) is 0 Å². The number of rotatable bonds is 3. The summed E-state index contributed by atoms with van der Waals surface area (Å²) in [7, 11) is 1.28. The largest absolute Gasteiger partial charge is 0.467 e. The highest BCUT2D eigenvalue weighted by molar-refractivity contribution is 8.02. The molecule has 0 aliphatic carbocycles. The highest BCUT2D eigenvalue weighted by Crippen LogP contribution is 2.30. The monoisotopic (exact) mass is 202 g/mol. The van der Waals surface area contributed by atoms with Crippen molar-refractivity contribution in [1.82, 2.24) is 0 Å². The van der Waals surface area contributed by atoms with Crippen LogP contribution < -0.4 is 0 Å². The molecule has 10 heavy (non-hydrogen) atoms. The third-order valence-corrected chi connectivity index (χ3v) is 3.39. The number of hydrogen-bond acceptors (Lipinski definition) is 3. The summed E-state index contributed by atoms with van der Waals surface area (Å²) in [5.41, 5.74) is 0. The van der Waals surface area contributed by atoms with Gasteiger partial charge in [-0.1, -0.05) is 11.6 Å². The summed E-state index contributed by atoms with van der Waals surface area (Å²) in [5, 5.41) is 0. The minimum absolute atomic E-state index is 0.0440. The molecule has 0 aromatic carbocycles. The Kier molecular flexibility index (Phi) is 4.49. The van der Waals surface area contributed by atoms with Crippen LogP contribution in [-0.2, 0) is 9.53 Å².